The van der Waals surface area contributed by atoms with Gasteiger partial charge < -0.3 is 10.6 Å². The van der Waals surface area contributed by atoms with Crippen molar-refractivity contribution in [3.63, 3.8) is 0 Å². The van der Waals surface area contributed by atoms with E-state index in [1.54, 1.807) is 6.07 Å². The van der Waals surface area contributed by atoms with Gasteiger partial charge in [0, 0.05) is 27.7 Å². The molecule has 0 aromatic heterocycles. The molecule has 2 N–H and O–H groups in total. The lowest BCUT2D eigenvalue weighted by Gasteiger charge is -2.17. The van der Waals surface area contributed by atoms with Crippen LogP contribution in [-0.4, -0.2) is 12.6 Å². The minimum Gasteiger partial charge on any atom is -0.337 e. The van der Waals surface area contributed by atoms with Crippen LogP contribution >= 0.6 is 23.2 Å². The van der Waals surface area contributed by atoms with Gasteiger partial charge in [-0.1, -0.05) is 41.4 Å². The highest BCUT2D eigenvalue weighted by molar-refractivity contribution is 6.31. The number of halogens is 2. The van der Waals surface area contributed by atoms with Gasteiger partial charge in [-0.05, 0) is 55.2 Å². The van der Waals surface area contributed by atoms with E-state index < -0.39 is 0 Å². The number of nitrogens with one attached hydrogen (secondary N) is 2. The van der Waals surface area contributed by atoms with Crippen LogP contribution in [-0.2, 0) is 5.41 Å². The fourth-order valence-corrected chi connectivity index (χ4v) is 2.92. The zero-order valence-electron chi connectivity index (χ0n) is 12.8. The smallest absolute Gasteiger partial charge is 0.319 e. The van der Waals surface area contributed by atoms with Gasteiger partial charge >= 0.3 is 6.03 Å². The van der Waals surface area contributed by atoms with Gasteiger partial charge in [-0.2, -0.15) is 0 Å². The van der Waals surface area contributed by atoms with Crippen LogP contribution in [0.5, 0.6) is 0 Å². The molecule has 2 aromatic rings. The van der Waals surface area contributed by atoms with Crippen LogP contribution in [0, 0.1) is 6.92 Å². The van der Waals surface area contributed by atoms with Crippen LogP contribution in [0.1, 0.15) is 24.0 Å². The van der Waals surface area contributed by atoms with Crippen LogP contribution in [0.4, 0.5) is 10.5 Å². The second-order valence-corrected chi connectivity index (χ2v) is 6.90. The number of carbonyl (C=O) groups is 1. The molecule has 5 heteroatoms. The van der Waals surface area contributed by atoms with Gasteiger partial charge in [0.1, 0.15) is 0 Å². The predicted octanol–water partition coefficient (Wildman–Crippen LogP) is 5.16. The topological polar surface area (TPSA) is 41.1 Å². The standard InChI is InChI=1S/C18H18Cl2N2O/c1-12-2-7-15(10-16(12)20)22-17(23)21-11-18(8-9-18)13-3-5-14(19)6-4-13/h2-7,10H,8-9,11H2,1H3,(H2,21,22,23). The maximum Gasteiger partial charge on any atom is 0.319 e. The van der Waals surface area contributed by atoms with Crippen molar-refractivity contribution in [2.75, 3.05) is 11.9 Å². The summed E-state index contributed by atoms with van der Waals surface area (Å²) < 4.78 is 0. The van der Waals surface area contributed by atoms with Crippen LogP contribution in [0.25, 0.3) is 0 Å². The molecule has 1 saturated carbocycles. The fraction of sp³-hybridized carbons (Fsp3) is 0.278. The van der Waals surface area contributed by atoms with E-state index in [9.17, 15) is 4.79 Å². The van der Waals surface area contributed by atoms with E-state index in [4.69, 9.17) is 23.2 Å². The van der Waals surface area contributed by atoms with Crippen molar-refractivity contribution < 1.29 is 4.79 Å². The molecule has 0 heterocycles. The first-order valence-electron chi connectivity index (χ1n) is 7.56. The Bertz CT molecular complexity index is 724. The second-order valence-electron chi connectivity index (χ2n) is 6.06. The molecule has 1 fully saturated rings. The van der Waals surface area contributed by atoms with Crippen LogP contribution in [0.2, 0.25) is 10.0 Å². The molecule has 1 aliphatic rings. The summed E-state index contributed by atoms with van der Waals surface area (Å²) in [6.45, 7) is 2.54. The molecule has 0 radical (unpaired) electrons. The Hall–Kier alpha value is -1.71. The number of rotatable bonds is 4. The molecule has 1 aliphatic carbocycles. The van der Waals surface area contributed by atoms with E-state index in [0.29, 0.717) is 17.3 Å². The van der Waals surface area contributed by atoms with E-state index in [0.717, 1.165) is 23.4 Å². The average molecular weight is 349 g/mol. The monoisotopic (exact) mass is 348 g/mol. The lowest BCUT2D eigenvalue weighted by Crippen LogP contribution is -2.35. The lowest BCUT2D eigenvalue weighted by molar-refractivity contribution is 0.251. The molecule has 0 unspecified atom stereocenters. The Morgan fingerprint density at radius 3 is 2.43 bits per heavy atom. The molecular weight excluding hydrogens is 331 g/mol. The van der Waals surface area contributed by atoms with Crippen molar-refractivity contribution in [2.45, 2.75) is 25.2 Å². The third kappa shape index (κ3) is 3.80. The van der Waals surface area contributed by atoms with Crippen molar-refractivity contribution in [2.24, 2.45) is 0 Å². The number of benzene rings is 2. The van der Waals surface area contributed by atoms with Crippen LogP contribution in [0.15, 0.2) is 42.5 Å². The SMILES string of the molecule is Cc1ccc(NC(=O)NCC2(c3ccc(Cl)cc3)CC2)cc1Cl. The van der Waals surface area contributed by atoms with Crippen LogP contribution < -0.4 is 10.6 Å². The summed E-state index contributed by atoms with van der Waals surface area (Å²) >= 11 is 12.0. The number of hydrogen-bond donors (Lipinski definition) is 2. The maximum atomic E-state index is 12.1. The number of amides is 2. The van der Waals surface area contributed by atoms with Gasteiger partial charge in [-0.3, -0.25) is 0 Å². The summed E-state index contributed by atoms with van der Waals surface area (Å²) in [7, 11) is 0. The Labute approximate surface area is 146 Å². The molecule has 0 spiro atoms. The molecule has 3 nitrogen and oxygen atoms in total. The van der Waals surface area contributed by atoms with E-state index in [2.05, 4.69) is 10.6 Å². The highest BCUT2D eigenvalue weighted by atomic mass is 35.5. The van der Waals surface area contributed by atoms with Gasteiger partial charge in [0.15, 0.2) is 0 Å². The number of anilines is 1. The summed E-state index contributed by atoms with van der Waals surface area (Å²) in [5, 5.41) is 7.14. The molecule has 0 atom stereocenters. The Morgan fingerprint density at radius 2 is 1.83 bits per heavy atom. The molecular formula is C18H18Cl2N2O. The van der Waals surface area contributed by atoms with Gasteiger partial charge in [-0.15, -0.1) is 0 Å². The summed E-state index contributed by atoms with van der Waals surface area (Å²) in [4.78, 5) is 12.1. The molecule has 23 heavy (non-hydrogen) atoms. The predicted molar refractivity (Wildman–Crippen MR) is 95.6 cm³/mol. The molecule has 0 bridgehead atoms. The highest BCUT2D eigenvalue weighted by Crippen LogP contribution is 2.47. The third-order valence-corrected chi connectivity index (χ3v) is 4.99. The van der Waals surface area contributed by atoms with Gasteiger partial charge in [0.2, 0.25) is 0 Å². The third-order valence-electron chi connectivity index (χ3n) is 4.33. The molecule has 3 rings (SSSR count). The molecule has 0 aliphatic heterocycles. The fourth-order valence-electron chi connectivity index (χ4n) is 2.62. The lowest BCUT2D eigenvalue weighted by atomic mass is 9.96. The first-order chi connectivity index (χ1) is 11.0. The largest absolute Gasteiger partial charge is 0.337 e. The molecule has 0 saturated heterocycles. The van der Waals surface area contributed by atoms with E-state index in [1.165, 1.54) is 5.56 Å². The zero-order valence-corrected chi connectivity index (χ0v) is 14.3. The normalized spacial score (nSPS) is 15.1. The van der Waals surface area contributed by atoms with Gasteiger partial charge in [0.05, 0.1) is 0 Å². The first kappa shape index (κ1) is 16.2. The number of aryl methyl sites for hydroxylation is 1. The van der Waals surface area contributed by atoms with Gasteiger partial charge in [-0.25, -0.2) is 4.79 Å². The summed E-state index contributed by atoms with van der Waals surface area (Å²) in [5.41, 5.74) is 2.94. The van der Waals surface area contributed by atoms with Crippen molar-refractivity contribution in [1.29, 1.82) is 0 Å². The average Bonchev–Trinajstić information content (AvgIpc) is 3.31. The van der Waals surface area contributed by atoms with Gasteiger partial charge in [0.25, 0.3) is 0 Å². The summed E-state index contributed by atoms with van der Waals surface area (Å²) in [5.74, 6) is 0. The molecule has 2 aromatic carbocycles. The van der Waals surface area contributed by atoms with Crippen molar-refractivity contribution in [3.05, 3.63) is 63.6 Å². The van der Waals surface area contributed by atoms with Crippen LogP contribution in [0.3, 0.4) is 0 Å². The quantitative estimate of drug-likeness (QED) is 0.787. The first-order valence-corrected chi connectivity index (χ1v) is 8.31. The molecule has 2 amide bonds. The Balaban J connectivity index is 1.58. The summed E-state index contributed by atoms with van der Waals surface area (Å²) in [6.07, 6.45) is 2.15. The Kier molecular flexibility index (Phi) is 4.51. The van der Waals surface area contributed by atoms with E-state index >= 15 is 0 Å². The summed E-state index contributed by atoms with van der Waals surface area (Å²) in [6, 6.07) is 13.1. The minimum absolute atomic E-state index is 0.0485. The minimum atomic E-state index is -0.217. The van der Waals surface area contributed by atoms with E-state index in [1.807, 2.05) is 43.3 Å². The Morgan fingerprint density at radius 1 is 1.13 bits per heavy atom. The molecule has 120 valence electrons. The number of hydrogen-bond acceptors (Lipinski definition) is 1. The highest BCUT2D eigenvalue weighted by Gasteiger charge is 2.44. The number of carbonyl (C=O) groups excluding carboxylic acids is 1. The van der Waals surface area contributed by atoms with E-state index in [-0.39, 0.29) is 11.4 Å². The second kappa shape index (κ2) is 6.42. The number of urea groups is 1. The van der Waals surface area contributed by atoms with Crippen molar-refractivity contribution >= 4 is 34.9 Å². The van der Waals surface area contributed by atoms with Crippen molar-refractivity contribution in [1.82, 2.24) is 5.32 Å². The zero-order chi connectivity index (χ0) is 16.4. The maximum absolute atomic E-state index is 12.1. The van der Waals surface area contributed by atoms with Crippen molar-refractivity contribution in [3.8, 4) is 0 Å².